The van der Waals surface area contributed by atoms with Crippen LogP contribution in [0, 0.1) is 0 Å². The molecule has 0 saturated carbocycles. The van der Waals surface area contributed by atoms with Crippen molar-refractivity contribution < 1.29 is 19.0 Å². The van der Waals surface area contributed by atoms with Crippen LogP contribution in [0.4, 0.5) is 0 Å². The quantitative estimate of drug-likeness (QED) is 0.339. The first kappa shape index (κ1) is 11.5. The highest BCUT2D eigenvalue weighted by Gasteiger charge is 2.13. The molecule has 0 aromatic heterocycles. The van der Waals surface area contributed by atoms with Crippen LogP contribution in [0.3, 0.4) is 0 Å². The molecule has 1 aliphatic heterocycles. The van der Waals surface area contributed by atoms with Crippen molar-refractivity contribution in [3.05, 3.63) is 18.2 Å². The minimum absolute atomic E-state index is 0.195. The van der Waals surface area contributed by atoms with Gasteiger partial charge in [0, 0.05) is 12.5 Å². The van der Waals surface area contributed by atoms with Crippen LogP contribution in [0.1, 0.15) is 12.8 Å². The van der Waals surface area contributed by atoms with Crippen molar-refractivity contribution in [3.63, 3.8) is 0 Å². The van der Waals surface area contributed by atoms with Crippen molar-refractivity contribution in [3.8, 4) is 17.2 Å². The van der Waals surface area contributed by atoms with Crippen LogP contribution in [0.15, 0.2) is 18.2 Å². The number of ether oxygens (including phenoxy) is 3. The van der Waals surface area contributed by atoms with Gasteiger partial charge in [-0.15, -0.1) is 0 Å². The van der Waals surface area contributed by atoms with Crippen molar-refractivity contribution in [2.75, 3.05) is 13.4 Å². The predicted molar refractivity (Wildman–Crippen MR) is 59.6 cm³/mol. The van der Waals surface area contributed by atoms with Gasteiger partial charge in [0.2, 0.25) is 12.7 Å². The van der Waals surface area contributed by atoms with Crippen LogP contribution in [-0.4, -0.2) is 19.3 Å². The second-order valence-corrected chi connectivity index (χ2v) is 3.53. The predicted octanol–water partition coefficient (Wildman–Crippen LogP) is 0.564. The number of benzene rings is 1. The number of amides is 1. The van der Waals surface area contributed by atoms with E-state index in [9.17, 15) is 4.79 Å². The van der Waals surface area contributed by atoms with Gasteiger partial charge in [-0.25, -0.2) is 5.84 Å². The lowest BCUT2D eigenvalue weighted by Gasteiger charge is -2.06. The van der Waals surface area contributed by atoms with E-state index in [1.165, 1.54) is 0 Å². The van der Waals surface area contributed by atoms with E-state index in [4.69, 9.17) is 20.1 Å². The molecule has 0 spiro atoms. The third-order valence-corrected chi connectivity index (χ3v) is 2.32. The minimum Gasteiger partial charge on any atom is -0.493 e. The van der Waals surface area contributed by atoms with E-state index in [1.54, 1.807) is 18.2 Å². The SMILES string of the molecule is NNC(=O)CCCOc1ccc2c(c1)OCO2. The van der Waals surface area contributed by atoms with Crippen molar-refractivity contribution in [1.82, 2.24) is 5.43 Å². The molecule has 1 heterocycles. The molecule has 1 aromatic rings. The van der Waals surface area contributed by atoms with E-state index in [0.29, 0.717) is 30.9 Å². The van der Waals surface area contributed by atoms with Crippen molar-refractivity contribution >= 4 is 5.91 Å². The van der Waals surface area contributed by atoms with Gasteiger partial charge in [0.25, 0.3) is 0 Å². The number of nitrogens with one attached hydrogen (secondary N) is 1. The fourth-order valence-corrected chi connectivity index (χ4v) is 1.46. The Balaban J connectivity index is 1.78. The zero-order chi connectivity index (χ0) is 12.1. The molecular weight excluding hydrogens is 224 g/mol. The van der Waals surface area contributed by atoms with Crippen LogP contribution < -0.4 is 25.5 Å². The Morgan fingerprint density at radius 1 is 1.41 bits per heavy atom. The lowest BCUT2D eigenvalue weighted by molar-refractivity contribution is -0.121. The van der Waals surface area contributed by atoms with E-state index in [1.807, 2.05) is 0 Å². The Kier molecular flexibility index (Phi) is 3.66. The maximum Gasteiger partial charge on any atom is 0.234 e. The maximum atomic E-state index is 10.8. The number of rotatable bonds is 5. The van der Waals surface area contributed by atoms with Gasteiger partial charge < -0.3 is 14.2 Å². The van der Waals surface area contributed by atoms with Crippen LogP contribution in [0.25, 0.3) is 0 Å². The first-order valence-corrected chi connectivity index (χ1v) is 5.31. The number of carbonyl (C=O) groups excluding carboxylic acids is 1. The molecule has 0 saturated heterocycles. The number of carbonyl (C=O) groups is 1. The average Bonchev–Trinajstić information content (AvgIpc) is 2.81. The molecule has 6 nitrogen and oxygen atoms in total. The topological polar surface area (TPSA) is 82.8 Å². The number of hydrogen-bond donors (Lipinski definition) is 2. The van der Waals surface area contributed by atoms with Crippen LogP contribution >= 0.6 is 0 Å². The molecule has 0 radical (unpaired) electrons. The zero-order valence-electron chi connectivity index (χ0n) is 9.27. The summed E-state index contributed by atoms with van der Waals surface area (Å²) >= 11 is 0. The number of nitrogens with two attached hydrogens (primary N) is 1. The Labute approximate surface area is 98.6 Å². The minimum atomic E-state index is -0.195. The third kappa shape index (κ3) is 3.01. The summed E-state index contributed by atoms with van der Waals surface area (Å²) in [4.78, 5) is 10.8. The molecule has 0 aliphatic carbocycles. The molecule has 3 N–H and O–H groups in total. The highest BCUT2D eigenvalue weighted by molar-refractivity contribution is 5.75. The molecule has 0 unspecified atom stereocenters. The summed E-state index contributed by atoms with van der Waals surface area (Å²) in [7, 11) is 0. The van der Waals surface area contributed by atoms with Gasteiger partial charge in [0.1, 0.15) is 5.75 Å². The largest absolute Gasteiger partial charge is 0.493 e. The molecule has 1 amide bonds. The molecule has 1 aliphatic rings. The molecular formula is C11H14N2O4. The summed E-state index contributed by atoms with van der Waals surface area (Å²) in [6.07, 6.45) is 0.957. The second-order valence-electron chi connectivity index (χ2n) is 3.53. The van der Waals surface area contributed by atoms with Crippen molar-refractivity contribution in [2.24, 2.45) is 5.84 Å². The fraction of sp³-hybridized carbons (Fsp3) is 0.364. The smallest absolute Gasteiger partial charge is 0.234 e. The molecule has 92 valence electrons. The normalized spacial score (nSPS) is 12.3. The maximum absolute atomic E-state index is 10.8. The van der Waals surface area contributed by atoms with E-state index >= 15 is 0 Å². The summed E-state index contributed by atoms with van der Waals surface area (Å²) in [5.41, 5.74) is 2.07. The molecule has 0 fully saturated rings. The lowest BCUT2D eigenvalue weighted by atomic mass is 10.3. The number of hydrogen-bond acceptors (Lipinski definition) is 5. The van der Waals surface area contributed by atoms with E-state index in [-0.39, 0.29) is 12.7 Å². The first-order valence-electron chi connectivity index (χ1n) is 5.31. The molecule has 2 rings (SSSR count). The second kappa shape index (κ2) is 5.40. The number of fused-ring (bicyclic) bond motifs is 1. The summed E-state index contributed by atoms with van der Waals surface area (Å²) in [6, 6.07) is 5.37. The molecule has 17 heavy (non-hydrogen) atoms. The summed E-state index contributed by atoms with van der Waals surface area (Å²) in [6.45, 7) is 0.697. The Hall–Kier alpha value is -1.95. The average molecular weight is 238 g/mol. The molecule has 6 heteroatoms. The fourth-order valence-electron chi connectivity index (χ4n) is 1.46. The van der Waals surface area contributed by atoms with Crippen LogP contribution in [0.5, 0.6) is 17.2 Å². The van der Waals surface area contributed by atoms with E-state index < -0.39 is 0 Å². The van der Waals surface area contributed by atoms with Crippen LogP contribution in [0.2, 0.25) is 0 Å². The zero-order valence-corrected chi connectivity index (χ0v) is 9.27. The van der Waals surface area contributed by atoms with Gasteiger partial charge in [-0.2, -0.15) is 0 Å². The molecule has 0 atom stereocenters. The van der Waals surface area contributed by atoms with Gasteiger partial charge in [0.05, 0.1) is 6.61 Å². The van der Waals surface area contributed by atoms with Gasteiger partial charge in [-0.1, -0.05) is 0 Å². The summed E-state index contributed by atoms with van der Waals surface area (Å²) < 4.78 is 15.9. The summed E-state index contributed by atoms with van der Waals surface area (Å²) in [5, 5.41) is 0. The molecule has 1 aromatic carbocycles. The lowest BCUT2D eigenvalue weighted by Crippen LogP contribution is -2.29. The monoisotopic (exact) mass is 238 g/mol. The Morgan fingerprint density at radius 2 is 2.24 bits per heavy atom. The van der Waals surface area contributed by atoms with Gasteiger partial charge >= 0.3 is 0 Å². The van der Waals surface area contributed by atoms with Crippen LogP contribution in [-0.2, 0) is 4.79 Å². The highest BCUT2D eigenvalue weighted by atomic mass is 16.7. The van der Waals surface area contributed by atoms with Crippen molar-refractivity contribution in [2.45, 2.75) is 12.8 Å². The Bertz CT molecular complexity index is 408. The van der Waals surface area contributed by atoms with Gasteiger partial charge in [-0.3, -0.25) is 10.2 Å². The first-order chi connectivity index (χ1) is 8.29. The van der Waals surface area contributed by atoms with E-state index in [2.05, 4.69) is 5.43 Å². The highest BCUT2D eigenvalue weighted by Crippen LogP contribution is 2.35. The third-order valence-electron chi connectivity index (χ3n) is 2.32. The molecule has 0 bridgehead atoms. The standard InChI is InChI=1S/C11H14N2O4/c12-13-11(14)2-1-5-15-8-3-4-9-10(6-8)17-7-16-9/h3-4,6H,1-2,5,7,12H2,(H,13,14). The van der Waals surface area contributed by atoms with Crippen molar-refractivity contribution in [1.29, 1.82) is 0 Å². The Morgan fingerprint density at radius 3 is 3.06 bits per heavy atom. The van der Waals surface area contributed by atoms with Gasteiger partial charge in [0.15, 0.2) is 11.5 Å². The van der Waals surface area contributed by atoms with E-state index in [0.717, 1.165) is 5.75 Å². The number of hydrazine groups is 1. The van der Waals surface area contributed by atoms with Gasteiger partial charge in [-0.05, 0) is 18.6 Å². The summed E-state index contributed by atoms with van der Waals surface area (Å²) in [5.74, 6) is 6.86.